The van der Waals surface area contributed by atoms with Crippen LogP contribution in [0.1, 0.15) is 19.4 Å². The molecule has 0 bridgehead atoms. The number of ketones is 1. The fourth-order valence-electron chi connectivity index (χ4n) is 1.84. The molecule has 0 amide bonds. The van der Waals surface area contributed by atoms with Crippen LogP contribution in [0.2, 0.25) is 0 Å². The minimum Gasteiger partial charge on any atom is -0.507 e. The number of allylic oxidation sites excluding steroid dienone is 1. The monoisotopic (exact) mass is 274 g/mol. The average molecular weight is 274 g/mol. The van der Waals surface area contributed by atoms with Crippen LogP contribution in [0.3, 0.4) is 0 Å². The summed E-state index contributed by atoms with van der Waals surface area (Å²) in [6.45, 7) is 3.55. The lowest BCUT2D eigenvalue weighted by Crippen LogP contribution is -2.07. The quantitative estimate of drug-likeness (QED) is 0.527. The van der Waals surface area contributed by atoms with Crippen molar-refractivity contribution in [2.24, 2.45) is 0 Å². The second kappa shape index (κ2) is 5.61. The first-order valence-corrected chi connectivity index (χ1v) is 6.14. The summed E-state index contributed by atoms with van der Waals surface area (Å²) in [7, 11) is 0. The summed E-state index contributed by atoms with van der Waals surface area (Å²) in [4.78, 5) is 22.8. The lowest BCUT2D eigenvalue weighted by molar-refractivity contribution is -0.112. The van der Waals surface area contributed by atoms with E-state index >= 15 is 0 Å². The summed E-state index contributed by atoms with van der Waals surface area (Å²) in [5.74, 6) is -0.302. The Bertz CT molecular complexity index is 740. The van der Waals surface area contributed by atoms with Crippen molar-refractivity contribution in [3.05, 3.63) is 46.3 Å². The maximum Gasteiger partial charge on any atom is 0.347 e. The number of fused-ring (bicyclic) bond motifs is 1. The molecule has 1 N–H and O–H groups in total. The molecule has 0 unspecified atom stereocenters. The van der Waals surface area contributed by atoms with Gasteiger partial charge in [0.05, 0.1) is 6.61 Å². The molecule has 0 saturated heterocycles. The number of para-hydroxylation sites is 1. The van der Waals surface area contributed by atoms with Gasteiger partial charge in [0.15, 0.2) is 17.1 Å². The highest BCUT2D eigenvalue weighted by Gasteiger charge is 2.12. The fourth-order valence-corrected chi connectivity index (χ4v) is 1.84. The molecule has 0 aliphatic heterocycles. The first kappa shape index (κ1) is 13.9. The van der Waals surface area contributed by atoms with Gasteiger partial charge in [-0.25, -0.2) is 4.79 Å². The SMILES string of the molecule is CCOc1cccc2cc(/C(O)=C/C(C)=O)c(=O)oc12. The van der Waals surface area contributed by atoms with Crippen molar-refractivity contribution in [2.75, 3.05) is 6.61 Å². The van der Waals surface area contributed by atoms with Gasteiger partial charge in [-0.2, -0.15) is 0 Å². The average Bonchev–Trinajstić information content (AvgIpc) is 2.38. The van der Waals surface area contributed by atoms with E-state index in [0.717, 1.165) is 6.08 Å². The summed E-state index contributed by atoms with van der Waals surface area (Å²) in [6, 6.07) is 6.65. The largest absolute Gasteiger partial charge is 0.507 e. The van der Waals surface area contributed by atoms with Gasteiger partial charge >= 0.3 is 5.63 Å². The molecule has 2 rings (SSSR count). The van der Waals surface area contributed by atoms with Gasteiger partial charge in [-0.3, -0.25) is 4.79 Å². The van der Waals surface area contributed by atoms with Crippen LogP contribution in [-0.2, 0) is 4.79 Å². The van der Waals surface area contributed by atoms with Crippen LogP contribution in [0.15, 0.2) is 39.6 Å². The molecule has 0 aliphatic carbocycles. The number of carbonyl (C=O) groups is 1. The third-order valence-electron chi connectivity index (χ3n) is 2.64. The number of benzene rings is 1. The zero-order valence-electron chi connectivity index (χ0n) is 11.2. The standard InChI is InChI=1S/C15H14O5/c1-3-19-13-6-4-5-10-8-11(12(17)7-9(2)16)15(18)20-14(10)13/h4-8,17H,3H2,1-2H3/b12-7-. The Morgan fingerprint density at radius 2 is 2.20 bits per heavy atom. The summed E-state index contributed by atoms with van der Waals surface area (Å²) < 4.78 is 10.6. The Balaban J connectivity index is 2.65. The van der Waals surface area contributed by atoms with Gasteiger partial charge in [0.2, 0.25) is 0 Å². The molecule has 0 fully saturated rings. The number of aliphatic hydroxyl groups is 1. The first-order valence-electron chi connectivity index (χ1n) is 6.14. The van der Waals surface area contributed by atoms with Crippen molar-refractivity contribution in [3.63, 3.8) is 0 Å². The number of ether oxygens (including phenoxy) is 1. The Morgan fingerprint density at radius 1 is 1.45 bits per heavy atom. The molecule has 0 atom stereocenters. The van der Waals surface area contributed by atoms with Crippen molar-refractivity contribution in [1.29, 1.82) is 0 Å². The maximum atomic E-state index is 11.9. The predicted octanol–water partition coefficient (Wildman–Crippen LogP) is 2.68. The number of aliphatic hydroxyl groups excluding tert-OH is 1. The lowest BCUT2D eigenvalue weighted by Gasteiger charge is -2.06. The van der Waals surface area contributed by atoms with Gasteiger partial charge < -0.3 is 14.3 Å². The lowest BCUT2D eigenvalue weighted by atomic mass is 10.1. The number of rotatable bonds is 4. The Morgan fingerprint density at radius 3 is 2.85 bits per heavy atom. The van der Waals surface area contributed by atoms with E-state index in [2.05, 4.69) is 0 Å². The Hall–Kier alpha value is -2.56. The van der Waals surface area contributed by atoms with Gasteiger partial charge in [-0.05, 0) is 26.0 Å². The van der Waals surface area contributed by atoms with Gasteiger partial charge in [-0.15, -0.1) is 0 Å². The summed E-state index contributed by atoms with van der Waals surface area (Å²) in [5, 5.41) is 10.4. The second-order valence-corrected chi connectivity index (χ2v) is 4.20. The molecule has 5 nitrogen and oxygen atoms in total. The number of hydrogen-bond acceptors (Lipinski definition) is 5. The van der Waals surface area contributed by atoms with Gasteiger partial charge in [-0.1, -0.05) is 12.1 Å². The van der Waals surface area contributed by atoms with Crippen molar-refractivity contribution < 1.29 is 19.1 Å². The fraction of sp³-hybridized carbons (Fsp3) is 0.200. The zero-order valence-corrected chi connectivity index (χ0v) is 11.2. The van der Waals surface area contributed by atoms with Gasteiger partial charge in [0.25, 0.3) is 0 Å². The molecule has 1 heterocycles. The van der Waals surface area contributed by atoms with Crippen LogP contribution in [0.25, 0.3) is 16.7 Å². The minimum atomic E-state index is -0.723. The molecule has 0 spiro atoms. The molecule has 0 saturated carbocycles. The minimum absolute atomic E-state index is 0.0543. The number of hydrogen-bond donors (Lipinski definition) is 1. The molecule has 1 aromatic carbocycles. The van der Waals surface area contributed by atoms with Gasteiger partial charge in [0, 0.05) is 11.5 Å². The third kappa shape index (κ3) is 2.71. The van der Waals surface area contributed by atoms with E-state index in [1.807, 2.05) is 6.92 Å². The molecule has 1 aromatic heterocycles. The molecular weight excluding hydrogens is 260 g/mol. The highest BCUT2D eigenvalue weighted by Crippen LogP contribution is 2.26. The topological polar surface area (TPSA) is 76.7 Å². The van der Waals surface area contributed by atoms with Crippen molar-refractivity contribution in [2.45, 2.75) is 13.8 Å². The van der Waals surface area contributed by atoms with Crippen LogP contribution in [0.5, 0.6) is 5.75 Å². The van der Waals surface area contributed by atoms with E-state index in [1.165, 1.54) is 13.0 Å². The summed E-state index contributed by atoms with van der Waals surface area (Å²) in [5.41, 5.74) is -0.459. The van der Waals surface area contributed by atoms with E-state index in [1.54, 1.807) is 18.2 Å². The summed E-state index contributed by atoms with van der Waals surface area (Å²) >= 11 is 0. The molecular formula is C15H14O5. The van der Waals surface area contributed by atoms with E-state index in [-0.39, 0.29) is 11.3 Å². The summed E-state index contributed by atoms with van der Waals surface area (Å²) in [6.07, 6.45) is 0.977. The highest BCUT2D eigenvalue weighted by molar-refractivity contribution is 5.94. The van der Waals surface area contributed by atoms with E-state index in [9.17, 15) is 14.7 Å². The predicted molar refractivity (Wildman–Crippen MR) is 74.9 cm³/mol. The molecule has 20 heavy (non-hydrogen) atoms. The van der Waals surface area contributed by atoms with Gasteiger partial charge in [0.1, 0.15) is 11.3 Å². The zero-order chi connectivity index (χ0) is 14.7. The second-order valence-electron chi connectivity index (χ2n) is 4.20. The Kier molecular flexibility index (Phi) is 3.89. The third-order valence-corrected chi connectivity index (χ3v) is 2.64. The van der Waals surface area contributed by atoms with Crippen molar-refractivity contribution >= 4 is 22.5 Å². The van der Waals surface area contributed by atoms with Crippen molar-refractivity contribution in [3.8, 4) is 5.75 Å². The van der Waals surface area contributed by atoms with E-state index < -0.39 is 11.4 Å². The van der Waals surface area contributed by atoms with Crippen LogP contribution in [0, 0.1) is 0 Å². The van der Waals surface area contributed by atoms with Crippen LogP contribution >= 0.6 is 0 Å². The van der Waals surface area contributed by atoms with E-state index in [0.29, 0.717) is 23.3 Å². The van der Waals surface area contributed by atoms with Crippen LogP contribution < -0.4 is 10.4 Å². The molecule has 5 heteroatoms. The molecule has 104 valence electrons. The van der Waals surface area contributed by atoms with Crippen LogP contribution in [-0.4, -0.2) is 17.5 Å². The van der Waals surface area contributed by atoms with Crippen molar-refractivity contribution in [1.82, 2.24) is 0 Å². The molecule has 0 aliphatic rings. The highest BCUT2D eigenvalue weighted by atomic mass is 16.5. The molecule has 0 radical (unpaired) electrons. The Labute approximate surface area is 115 Å². The first-order chi connectivity index (χ1) is 9.52. The maximum absolute atomic E-state index is 11.9. The molecule has 2 aromatic rings. The smallest absolute Gasteiger partial charge is 0.347 e. The van der Waals surface area contributed by atoms with E-state index in [4.69, 9.17) is 9.15 Å². The van der Waals surface area contributed by atoms with Crippen LogP contribution in [0.4, 0.5) is 0 Å². The normalized spacial score (nSPS) is 11.6. The number of carbonyl (C=O) groups excluding carboxylic acids is 1.